The van der Waals surface area contributed by atoms with Crippen LogP contribution in [0.1, 0.15) is 19.8 Å². The van der Waals surface area contributed by atoms with Crippen molar-refractivity contribution in [3.8, 4) is 5.75 Å². The van der Waals surface area contributed by atoms with E-state index in [2.05, 4.69) is 0 Å². The molecule has 1 aromatic rings. The fourth-order valence-corrected chi connectivity index (χ4v) is 4.47. The van der Waals surface area contributed by atoms with Gasteiger partial charge >= 0.3 is 0 Å². The molecule has 0 radical (unpaired) electrons. The summed E-state index contributed by atoms with van der Waals surface area (Å²) in [5.41, 5.74) is 1.27. The van der Waals surface area contributed by atoms with Crippen LogP contribution in [0.3, 0.4) is 0 Å². The summed E-state index contributed by atoms with van der Waals surface area (Å²) in [6, 6.07) is 5.25. The summed E-state index contributed by atoms with van der Waals surface area (Å²) in [5, 5.41) is 8.99. The van der Waals surface area contributed by atoms with Gasteiger partial charge in [-0.3, -0.25) is 24.5 Å². The van der Waals surface area contributed by atoms with Gasteiger partial charge in [0, 0.05) is 7.05 Å². The molecule has 0 saturated carbocycles. The van der Waals surface area contributed by atoms with Crippen LogP contribution < -0.4 is 10.2 Å². The third kappa shape index (κ3) is 3.10. The lowest BCUT2D eigenvalue weighted by atomic mass is 9.94. The quantitative estimate of drug-likeness (QED) is 0.420. The summed E-state index contributed by atoms with van der Waals surface area (Å²) in [4.78, 5) is 36.7. The lowest BCUT2D eigenvalue weighted by Crippen LogP contribution is -2.60. The molecule has 1 aliphatic heterocycles. The van der Waals surface area contributed by atoms with Crippen LogP contribution in [0.25, 0.3) is 0 Å². The predicted molar refractivity (Wildman–Crippen MR) is 84.5 cm³/mol. The number of rotatable bonds is 5. The first-order valence-corrected chi connectivity index (χ1v) is 8.89. The van der Waals surface area contributed by atoms with Crippen LogP contribution in [-0.2, 0) is 24.2 Å². The molecule has 0 bridgehead atoms. The van der Waals surface area contributed by atoms with Crippen LogP contribution in [0.15, 0.2) is 29.2 Å². The molecule has 2 rings (SSSR count). The van der Waals surface area contributed by atoms with Gasteiger partial charge in [0.05, 0.1) is 24.3 Å². The van der Waals surface area contributed by atoms with Crippen LogP contribution in [0.2, 0.25) is 0 Å². The molecule has 136 valence electrons. The number of piperidine rings is 1. The summed E-state index contributed by atoms with van der Waals surface area (Å²) in [6.07, 6.45) is -1.51. The lowest BCUT2D eigenvalue weighted by molar-refractivity contribution is -0.151. The topological polar surface area (TPSA) is 130 Å². The molecule has 1 aliphatic rings. The van der Waals surface area contributed by atoms with E-state index in [0.717, 1.165) is 4.90 Å². The predicted octanol–water partition coefficient (Wildman–Crippen LogP) is -0.118. The van der Waals surface area contributed by atoms with Gasteiger partial charge in [-0.25, -0.2) is 13.9 Å². The molecule has 0 unspecified atom stereocenters. The van der Waals surface area contributed by atoms with Crippen molar-refractivity contribution in [2.45, 2.75) is 29.4 Å². The van der Waals surface area contributed by atoms with Crippen molar-refractivity contribution in [2.24, 2.45) is 0 Å². The minimum absolute atomic E-state index is 0.260. The van der Waals surface area contributed by atoms with Crippen molar-refractivity contribution >= 4 is 27.6 Å². The summed E-state index contributed by atoms with van der Waals surface area (Å²) in [6.45, 7) is 2.15. The molecule has 3 amide bonds. The number of hydrogen-bond donors (Lipinski definition) is 2. The largest absolute Gasteiger partial charge is 0.494 e. The molecule has 9 nitrogen and oxygen atoms in total. The molecule has 1 fully saturated rings. The fourth-order valence-electron chi connectivity index (χ4n) is 2.61. The third-order valence-electron chi connectivity index (χ3n) is 4.10. The van der Waals surface area contributed by atoms with Crippen LogP contribution in [0, 0.1) is 0 Å². The zero-order valence-electron chi connectivity index (χ0n) is 13.7. The smallest absolute Gasteiger partial charge is 0.266 e. The summed E-state index contributed by atoms with van der Waals surface area (Å²) in [7, 11) is -3.25. The first-order chi connectivity index (χ1) is 11.7. The molecule has 10 heteroatoms. The Labute approximate surface area is 144 Å². The van der Waals surface area contributed by atoms with Crippen molar-refractivity contribution in [3.63, 3.8) is 0 Å². The number of likely N-dealkylation sites (tertiary alicyclic amines) is 1. The third-order valence-corrected chi connectivity index (χ3v) is 6.49. The number of imide groups is 1. The molecule has 0 atom stereocenters. The maximum absolute atomic E-state index is 13.0. The number of nitrogens with zero attached hydrogens (tertiary/aromatic N) is 1. The molecule has 2 N–H and O–H groups in total. The number of hydroxylamine groups is 1. The summed E-state index contributed by atoms with van der Waals surface area (Å²) in [5.74, 6) is -2.54. The van der Waals surface area contributed by atoms with Gasteiger partial charge in [0.2, 0.25) is 11.8 Å². The Morgan fingerprint density at radius 1 is 1.24 bits per heavy atom. The highest BCUT2D eigenvalue weighted by Crippen LogP contribution is 2.37. The zero-order valence-corrected chi connectivity index (χ0v) is 14.5. The van der Waals surface area contributed by atoms with Crippen LogP contribution in [0.4, 0.5) is 0 Å². The minimum Gasteiger partial charge on any atom is -0.494 e. The number of amides is 3. The van der Waals surface area contributed by atoms with Crippen LogP contribution >= 0.6 is 0 Å². The first-order valence-electron chi connectivity index (χ1n) is 7.41. The van der Waals surface area contributed by atoms with E-state index in [1.165, 1.54) is 36.8 Å². The maximum Gasteiger partial charge on any atom is 0.266 e. The van der Waals surface area contributed by atoms with Gasteiger partial charge in [0.15, 0.2) is 14.6 Å². The average Bonchev–Trinajstić information content (AvgIpc) is 2.59. The normalized spacial score (nSPS) is 17.3. The maximum atomic E-state index is 13.0. The van der Waals surface area contributed by atoms with Crippen molar-refractivity contribution in [3.05, 3.63) is 24.3 Å². The van der Waals surface area contributed by atoms with Gasteiger partial charge in [-0.05, 0) is 31.2 Å². The number of carbonyl (C=O) groups is 3. The second-order valence-electron chi connectivity index (χ2n) is 5.54. The Bertz CT molecular complexity index is 784. The molecular weight excluding hydrogens is 352 g/mol. The zero-order chi connectivity index (χ0) is 18.8. The Balaban J connectivity index is 2.55. The van der Waals surface area contributed by atoms with E-state index >= 15 is 0 Å². The lowest BCUT2D eigenvalue weighted by Gasteiger charge is -2.36. The van der Waals surface area contributed by atoms with E-state index in [4.69, 9.17) is 9.94 Å². The molecule has 1 aromatic carbocycles. The Morgan fingerprint density at radius 3 is 2.20 bits per heavy atom. The number of carbonyl (C=O) groups excluding carboxylic acids is 3. The minimum atomic E-state index is -4.45. The van der Waals surface area contributed by atoms with E-state index in [0.29, 0.717) is 12.4 Å². The van der Waals surface area contributed by atoms with Crippen molar-refractivity contribution in [1.29, 1.82) is 0 Å². The number of nitrogens with one attached hydrogen (secondary N) is 1. The Kier molecular flexibility index (Phi) is 5.14. The Hall–Kier alpha value is -2.46. The van der Waals surface area contributed by atoms with Gasteiger partial charge in [-0.15, -0.1) is 0 Å². The van der Waals surface area contributed by atoms with E-state index in [9.17, 15) is 22.8 Å². The average molecular weight is 370 g/mol. The van der Waals surface area contributed by atoms with Crippen molar-refractivity contribution in [1.82, 2.24) is 10.4 Å². The second kappa shape index (κ2) is 6.81. The number of sulfone groups is 1. The first kappa shape index (κ1) is 18.9. The second-order valence-corrected chi connectivity index (χ2v) is 7.80. The highest BCUT2D eigenvalue weighted by Gasteiger charge is 2.57. The van der Waals surface area contributed by atoms with Gasteiger partial charge in [-0.1, -0.05) is 0 Å². The Morgan fingerprint density at radius 2 is 1.76 bits per heavy atom. The SMILES string of the molecule is CCOc1ccc(S(=O)(=O)C2(C(=O)NO)CC(=O)N(C)C(=O)C2)cc1. The number of ether oxygens (including phenoxy) is 1. The molecular formula is C15H18N2O7S. The van der Waals surface area contributed by atoms with Gasteiger partial charge in [0.1, 0.15) is 5.75 Å². The van der Waals surface area contributed by atoms with E-state index in [1.807, 2.05) is 0 Å². The number of hydrogen-bond acceptors (Lipinski definition) is 7. The number of benzene rings is 1. The van der Waals surface area contributed by atoms with Crippen molar-refractivity contribution in [2.75, 3.05) is 13.7 Å². The standard InChI is InChI=1S/C15H18N2O7S/c1-3-24-10-4-6-11(7-5-10)25(22,23)15(14(20)16-21)8-12(18)17(2)13(19)9-15/h4-7,21H,3,8-9H2,1-2H3,(H,16,20). The highest BCUT2D eigenvalue weighted by molar-refractivity contribution is 7.93. The van der Waals surface area contributed by atoms with Gasteiger partial charge in [0.25, 0.3) is 5.91 Å². The molecule has 1 heterocycles. The van der Waals surface area contributed by atoms with Crippen LogP contribution in [-0.4, -0.2) is 54.6 Å². The van der Waals surface area contributed by atoms with E-state index in [1.54, 1.807) is 6.92 Å². The van der Waals surface area contributed by atoms with E-state index < -0.39 is 45.1 Å². The van der Waals surface area contributed by atoms with Gasteiger partial charge < -0.3 is 4.74 Å². The summed E-state index contributed by atoms with van der Waals surface area (Å²) >= 11 is 0. The van der Waals surface area contributed by atoms with E-state index in [-0.39, 0.29) is 4.90 Å². The fraction of sp³-hybridized carbons (Fsp3) is 0.400. The highest BCUT2D eigenvalue weighted by atomic mass is 32.2. The van der Waals surface area contributed by atoms with Crippen LogP contribution in [0.5, 0.6) is 5.75 Å². The molecule has 0 spiro atoms. The van der Waals surface area contributed by atoms with Gasteiger partial charge in [-0.2, -0.15) is 0 Å². The monoisotopic (exact) mass is 370 g/mol. The molecule has 25 heavy (non-hydrogen) atoms. The molecule has 0 aliphatic carbocycles. The van der Waals surface area contributed by atoms with Crippen molar-refractivity contribution < 1.29 is 32.7 Å². The molecule has 1 saturated heterocycles. The summed E-state index contributed by atoms with van der Waals surface area (Å²) < 4.78 is 28.9. The molecule has 0 aromatic heterocycles.